The first-order chi connectivity index (χ1) is 8.58. The maximum Gasteiger partial charge on any atom is 0.253 e. The SMILES string of the molecule is CCCN(C)C(=O)c1cc(C)cc(C#CCO)c1. The van der Waals surface area contributed by atoms with Gasteiger partial charge < -0.3 is 10.0 Å². The molecule has 3 heteroatoms. The van der Waals surface area contributed by atoms with E-state index >= 15 is 0 Å². The third kappa shape index (κ3) is 3.90. The van der Waals surface area contributed by atoms with Crippen molar-refractivity contribution >= 4 is 5.91 Å². The predicted molar refractivity (Wildman–Crippen MR) is 72.4 cm³/mol. The number of aliphatic hydroxyl groups is 1. The molecule has 0 aliphatic rings. The number of aryl methyl sites for hydroxylation is 1. The monoisotopic (exact) mass is 245 g/mol. The number of hydrogen-bond acceptors (Lipinski definition) is 2. The molecule has 0 atom stereocenters. The maximum absolute atomic E-state index is 12.1. The highest BCUT2D eigenvalue weighted by molar-refractivity contribution is 5.94. The lowest BCUT2D eigenvalue weighted by Crippen LogP contribution is -2.27. The quantitative estimate of drug-likeness (QED) is 0.825. The summed E-state index contributed by atoms with van der Waals surface area (Å²) in [5.41, 5.74) is 2.40. The predicted octanol–water partition coefficient (Wildman–Crippen LogP) is 1.82. The van der Waals surface area contributed by atoms with Crippen LogP contribution in [0.1, 0.15) is 34.8 Å². The first-order valence-electron chi connectivity index (χ1n) is 6.05. The third-order valence-electron chi connectivity index (χ3n) is 2.54. The minimum atomic E-state index is -0.174. The highest BCUT2D eigenvalue weighted by atomic mass is 16.2. The van der Waals surface area contributed by atoms with Crippen molar-refractivity contribution < 1.29 is 9.90 Å². The molecule has 0 saturated carbocycles. The van der Waals surface area contributed by atoms with E-state index in [2.05, 4.69) is 11.8 Å². The van der Waals surface area contributed by atoms with Gasteiger partial charge >= 0.3 is 0 Å². The lowest BCUT2D eigenvalue weighted by Gasteiger charge is -2.16. The second-order valence-electron chi connectivity index (χ2n) is 4.27. The highest BCUT2D eigenvalue weighted by Crippen LogP contribution is 2.11. The van der Waals surface area contributed by atoms with Gasteiger partial charge in [0, 0.05) is 24.7 Å². The number of carbonyl (C=O) groups excluding carboxylic acids is 1. The van der Waals surface area contributed by atoms with Gasteiger partial charge in [0.1, 0.15) is 6.61 Å². The smallest absolute Gasteiger partial charge is 0.253 e. The summed E-state index contributed by atoms with van der Waals surface area (Å²) in [5, 5.41) is 8.68. The van der Waals surface area contributed by atoms with Gasteiger partial charge in [-0.2, -0.15) is 0 Å². The number of hydrogen-bond donors (Lipinski definition) is 1. The zero-order chi connectivity index (χ0) is 13.5. The van der Waals surface area contributed by atoms with E-state index in [-0.39, 0.29) is 12.5 Å². The topological polar surface area (TPSA) is 40.5 Å². The Morgan fingerprint density at radius 1 is 1.39 bits per heavy atom. The first kappa shape index (κ1) is 14.3. The van der Waals surface area contributed by atoms with Crippen molar-refractivity contribution in [2.45, 2.75) is 20.3 Å². The molecule has 0 saturated heterocycles. The van der Waals surface area contributed by atoms with Gasteiger partial charge in [-0.3, -0.25) is 4.79 Å². The lowest BCUT2D eigenvalue weighted by atomic mass is 10.1. The average Bonchev–Trinajstić information content (AvgIpc) is 2.35. The summed E-state index contributed by atoms with van der Waals surface area (Å²) in [6.45, 7) is 4.54. The van der Waals surface area contributed by atoms with E-state index in [9.17, 15) is 4.79 Å². The zero-order valence-corrected chi connectivity index (χ0v) is 11.2. The molecule has 3 nitrogen and oxygen atoms in total. The molecule has 0 unspecified atom stereocenters. The largest absolute Gasteiger partial charge is 0.384 e. The van der Waals surface area contributed by atoms with E-state index in [0.29, 0.717) is 5.56 Å². The molecule has 0 bridgehead atoms. The summed E-state index contributed by atoms with van der Waals surface area (Å²) in [4.78, 5) is 13.8. The van der Waals surface area contributed by atoms with Crippen molar-refractivity contribution in [2.24, 2.45) is 0 Å². The fourth-order valence-corrected chi connectivity index (χ4v) is 1.78. The van der Waals surface area contributed by atoms with Crippen molar-refractivity contribution in [1.29, 1.82) is 0 Å². The van der Waals surface area contributed by atoms with Crippen molar-refractivity contribution in [3.05, 3.63) is 34.9 Å². The van der Waals surface area contributed by atoms with E-state index in [1.807, 2.05) is 26.0 Å². The second-order valence-corrected chi connectivity index (χ2v) is 4.27. The van der Waals surface area contributed by atoms with Gasteiger partial charge in [0.05, 0.1) is 0 Å². The molecule has 18 heavy (non-hydrogen) atoms. The van der Waals surface area contributed by atoms with E-state index < -0.39 is 0 Å². The minimum absolute atomic E-state index is 0.00704. The van der Waals surface area contributed by atoms with Gasteiger partial charge in [0.15, 0.2) is 0 Å². The van der Waals surface area contributed by atoms with Crippen molar-refractivity contribution in [3.63, 3.8) is 0 Å². The first-order valence-corrected chi connectivity index (χ1v) is 6.05. The van der Waals surface area contributed by atoms with Crippen LogP contribution in [0.3, 0.4) is 0 Å². The maximum atomic E-state index is 12.1. The van der Waals surface area contributed by atoms with Crippen LogP contribution < -0.4 is 0 Å². The van der Waals surface area contributed by atoms with Gasteiger partial charge in [-0.1, -0.05) is 18.8 Å². The average molecular weight is 245 g/mol. The van der Waals surface area contributed by atoms with E-state index in [1.54, 1.807) is 18.0 Å². The van der Waals surface area contributed by atoms with Crippen LogP contribution in [0.4, 0.5) is 0 Å². The number of aliphatic hydroxyl groups excluding tert-OH is 1. The fourth-order valence-electron chi connectivity index (χ4n) is 1.78. The Bertz CT molecular complexity index is 483. The van der Waals surface area contributed by atoms with E-state index in [1.165, 1.54) is 0 Å². The van der Waals surface area contributed by atoms with Gasteiger partial charge in [-0.15, -0.1) is 0 Å². The molecule has 0 aliphatic heterocycles. The summed E-state index contributed by atoms with van der Waals surface area (Å²) >= 11 is 0. The van der Waals surface area contributed by atoms with Crippen LogP contribution in [0.2, 0.25) is 0 Å². The van der Waals surface area contributed by atoms with Crippen LogP contribution >= 0.6 is 0 Å². The fraction of sp³-hybridized carbons (Fsp3) is 0.400. The molecular formula is C15H19NO2. The summed E-state index contributed by atoms with van der Waals surface area (Å²) in [6.07, 6.45) is 0.936. The molecule has 0 spiro atoms. The summed E-state index contributed by atoms with van der Waals surface area (Å²) in [5.74, 6) is 5.43. The molecule has 1 aromatic carbocycles. The second kappa shape index (κ2) is 6.83. The number of nitrogens with zero attached hydrogens (tertiary/aromatic N) is 1. The van der Waals surface area contributed by atoms with Gasteiger partial charge in [0.25, 0.3) is 5.91 Å². The van der Waals surface area contributed by atoms with Crippen LogP contribution in [0, 0.1) is 18.8 Å². The van der Waals surface area contributed by atoms with Crippen molar-refractivity contribution in [3.8, 4) is 11.8 Å². The standard InChI is InChI=1S/C15H19NO2/c1-4-7-16(3)15(18)14-10-12(2)9-13(11-14)6-5-8-17/h9-11,17H,4,7-8H2,1-3H3. The van der Waals surface area contributed by atoms with Crippen LogP contribution in [-0.2, 0) is 0 Å². The summed E-state index contributed by atoms with van der Waals surface area (Å²) in [7, 11) is 1.80. The summed E-state index contributed by atoms with van der Waals surface area (Å²) in [6, 6.07) is 5.53. The minimum Gasteiger partial charge on any atom is -0.384 e. The van der Waals surface area contributed by atoms with Crippen LogP contribution in [-0.4, -0.2) is 36.1 Å². The van der Waals surface area contributed by atoms with Crippen LogP contribution in [0.15, 0.2) is 18.2 Å². The molecule has 1 rings (SSSR count). The molecule has 1 N–H and O–H groups in total. The van der Waals surface area contributed by atoms with Gasteiger partial charge in [-0.05, 0) is 37.1 Å². The molecule has 0 fully saturated rings. The summed E-state index contributed by atoms with van der Waals surface area (Å²) < 4.78 is 0. The van der Waals surface area contributed by atoms with E-state index in [0.717, 1.165) is 24.1 Å². The molecule has 0 aromatic heterocycles. The molecule has 1 aromatic rings. The van der Waals surface area contributed by atoms with Gasteiger partial charge in [0.2, 0.25) is 0 Å². The number of rotatable bonds is 3. The van der Waals surface area contributed by atoms with Crippen LogP contribution in [0.25, 0.3) is 0 Å². The zero-order valence-electron chi connectivity index (χ0n) is 11.2. The van der Waals surface area contributed by atoms with Gasteiger partial charge in [-0.25, -0.2) is 0 Å². The Hall–Kier alpha value is -1.79. The van der Waals surface area contributed by atoms with Crippen molar-refractivity contribution in [1.82, 2.24) is 4.90 Å². The van der Waals surface area contributed by atoms with E-state index in [4.69, 9.17) is 5.11 Å². The Labute approximate surface area is 108 Å². The Morgan fingerprint density at radius 2 is 2.11 bits per heavy atom. The van der Waals surface area contributed by atoms with Crippen molar-refractivity contribution in [2.75, 3.05) is 20.2 Å². The number of amides is 1. The molecular weight excluding hydrogens is 226 g/mol. The third-order valence-corrected chi connectivity index (χ3v) is 2.54. The highest BCUT2D eigenvalue weighted by Gasteiger charge is 2.11. The normalized spacial score (nSPS) is 9.56. The Balaban J connectivity index is 3.02. The number of carbonyl (C=O) groups is 1. The molecule has 96 valence electrons. The molecule has 0 radical (unpaired) electrons. The van der Waals surface area contributed by atoms with Crippen LogP contribution in [0.5, 0.6) is 0 Å². The Morgan fingerprint density at radius 3 is 2.72 bits per heavy atom. The molecule has 1 amide bonds. The molecule has 0 heterocycles. The molecule has 0 aliphatic carbocycles. The lowest BCUT2D eigenvalue weighted by molar-refractivity contribution is 0.0795. The number of benzene rings is 1. The Kier molecular flexibility index (Phi) is 5.41.